The summed E-state index contributed by atoms with van der Waals surface area (Å²) in [7, 11) is -4.48. The molecule has 3 heterocycles. The van der Waals surface area contributed by atoms with Crippen molar-refractivity contribution in [3.63, 3.8) is 0 Å². The number of phosphoric acid groups is 1. The highest BCUT2D eigenvalue weighted by Crippen LogP contribution is 2.38. The van der Waals surface area contributed by atoms with Crippen LogP contribution in [0.1, 0.15) is 19.1 Å². The van der Waals surface area contributed by atoms with Gasteiger partial charge in [0.1, 0.15) is 18.1 Å². The zero-order valence-electron chi connectivity index (χ0n) is 10.9. The second kappa shape index (κ2) is 5.32. The van der Waals surface area contributed by atoms with Crippen molar-refractivity contribution in [3.05, 3.63) is 12.7 Å². The molecule has 0 spiro atoms. The molecule has 0 aromatic carbocycles. The number of hydrogen-bond donors (Lipinski definition) is 3. The number of fused-ring (bicyclic) bond motifs is 1. The van der Waals surface area contributed by atoms with E-state index in [4.69, 9.17) is 20.3 Å². The van der Waals surface area contributed by atoms with Gasteiger partial charge >= 0.3 is 7.82 Å². The fraction of sp³-hybridized carbons (Fsp3) is 0.500. The average Bonchev–Trinajstić information content (AvgIpc) is 3.02. The van der Waals surface area contributed by atoms with E-state index in [2.05, 4.69) is 19.5 Å². The summed E-state index contributed by atoms with van der Waals surface area (Å²) in [6.45, 7) is -0.162. The lowest BCUT2D eigenvalue weighted by molar-refractivity contribution is -0.0205. The van der Waals surface area contributed by atoms with Crippen LogP contribution in [-0.4, -0.2) is 42.0 Å². The molecule has 0 amide bonds. The Balaban J connectivity index is 1.73. The third kappa shape index (κ3) is 3.04. The molecule has 21 heavy (non-hydrogen) atoms. The second-order valence-corrected chi connectivity index (χ2v) is 5.90. The Bertz CT molecular complexity index is 700. The molecule has 4 N–H and O–H groups in total. The first kappa shape index (κ1) is 14.4. The summed E-state index contributed by atoms with van der Waals surface area (Å²) in [5, 5.41) is 0. The van der Waals surface area contributed by atoms with Crippen LogP contribution in [0.3, 0.4) is 0 Å². The standard InChI is InChI=1S/C10H14N5O5P/c11-9-8-10(13-4-12-9)15(5-14-8)7-2-1-6(20-7)3-19-21(16,17)18/h4-7H,1-3H2,(H2,11,12,13)(H2,16,17,18)/t6-,7+/m0/s1. The maximum absolute atomic E-state index is 10.7. The molecule has 1 saturated heterocycles. The van der Waals surface area contributed by atoms with Gasteiger partial charge in [0.25, 0.3) is 0 Å². The third-order valence-electron chi connectivity index (χ3n) is 3.21. The van der Waals surface area contributed by atoms with Crippen molar-refractivity contribution < 1.29 is 23.6 Å². The highest BCUT2D eigenvalue weighted by molar-refractivity contribution is 7.46. The van der Waals surface area contributed by atoms with Crippen molar-refractivity contribution in [3.8, 4) is 0 Å². The van der Waals surface area contributed by atoms with E-state index in [0.29, 0.717) is 24.0 Å². The van der Waals surface area contributed by atoms with Crippen molar-refractivity contribution >= 4 is 24.8 Å². The molecule has 1 aliphatic rings. The maximum Gasteiger partial charge on any atom is 0.469 e. The van der Waals surface area contributed by atoms with Crippen LogP contribution in [-0.2, 0) is 13.8 Å². The number of imidazole rings is 1. The second-order valence-electron chi connectivity index (χ2n) is 4.66. The molecule has 2 atom stereocenters. The van der Waals surface area contributed by atoms with Gasteiger partial charge in [0.15, 0.2) is 11.5 Å². The number of phosphoric ester groups is 1. The summed E-state index contributed by atoms with van der Waals surface area (Å²) in [5.74, 6) is 0.290. The van der Waals surface area contributed by atoms with Crippen molar-refractivity contribution in [1.82, 2.24) is 19.5 Å². The van der Waals surface area contributed by atoms with E-state index in [1.54, 1.807) is 10.9 Å². The van der Waals surface area contributed by atoms with Crippen LogP contribution < -0.4 is 5.73 Å². The Morgan fingerprint density at radius 3 is 3.00 bits per heavy atom. The van der Waals surface area contributed by atoms with Crippen LogP contribution in [0.2, 0.25) is 0 Å². The minimum atomic E-state index is -4.48. The van der Waals surface area contributed by atoms with E-state index in [1.165, 1.54) is 6.33 Å². The van der Waals surface area contributed by atoms with Crippen molar-refractivity contribution in [2.45, 2.75) is 25.2 Å². The molecule has 0 aliphatic carbocycles. The molecule has 11 heteroatoms. The number of nitrogen functional groups attached to an aromatic ring is 1. The smallest absolute Gasteiger partial charge is 0.382 e. The van der Waals surface area contributed by atoms with Crippen molar-refractivity contribution in [1.29, 1.82) is 0 Å². The van der Waals surface area contributed by atoms with Crippen molar-refractivity contribution in [2.24, 2.45) is 0 Å². The van der Waals surface area contributed by atoms with Crippen LogP contribution >= 0.6 is 7.82 Å². The zero-order valence-corrected chi connectivity index (χ0v) is 11.8. The van der Waals surface area contributed by atoms with Gasteiger partial charge in [-0.05, 0) is 12.8 Å². The quantitative estimate of drug-likeness (QED) is 0.673. The van der Waals surface area contributed by atoms with Gasteiger partial charge in [-0.3, -0.25) is 9.09 Å². The maximum atomic E-state index is 10.7. The predicted molar refractivity (Wildman–Crippen MR) is 70.9 cm³/mol. The number of anilines is 1. The summed E-state index contributed by atoms with van der Waals surface area (Å²) < 4.78 is 22.6. The number of nitrogens with zero attached hydrogens (tertiary/aromatic N) is 4. The SMILES string of the molecule is Nc1ncnc2c1ncn2[C@H]1CC[C@@H](COP(=O)(O)O)O1. The number of ether oxygens (including phenoxy) is 1. The fourth-order valence-electron chi connectivity index (χ4n) is 2.27. The molecule has 0 unspecified atom stereocenters. The largest absolute Gasteiger partial charge is 0.469 e. The van der Waals surface area contributed by atoms with E-state index in [9.17, 15) is 4.57 Å². The van der Waals surface area contributed by atoms with E-state index < -0.39 is 7.82 Å². The molecule has 0 radical (unpaired) electrons. The third-order valence-corrected chi connectivity index (χ3v) is 3.70. The summed E-state index contributed by atoms with van der Waals surface area (Å²) in [4.78, 5) is 29.5. The molecule has 2 aromatic rings. The van der Waals surface area contributed by atoms with E-state index >= 15 is 0 Å². The molecule has 2 aromatic heterocycles. The molecular formula is C10H14N5O5P. The first-order chi connectivity index (χ1) is 9.94. The van der Waals surface area contributed by atoms with Gasteiger partial charge in [-0.25, -0.2) is 19.5 Å². The molecule has 0 saturated carbocycles. The Morgan fingerprint density at radius 1 is 1.43 bits per heavy atom. The summed E-state index contributed by atoms with van der Waals surface area (Å²) >= 11 is 0. The predicted octanol–water partition coefficient (Wildman–Crippen LogP) is 0.195. The molecule has 1 fully saturated rings. The Hall–Kier alpha value is -1.58. The number of hydrogen-bond acceptors (Lipinski definition) is 7. The molecular weight excluding hydrogens is 301 g/mol. The Kier molecular flexibility index (Phi) is 3.64. The Labute approximate surface area is 119 Å². The number of aromatic nitrogens is 4. The van der Waals surface area contributed by atoms with Gasteiger partial charge < -0.3 is 20.3 Å². The summed E-state index contributed by atoms with van der Waals surface area (Å²) in [6.07, 6.45) is 3.47. The molecule has 0 bridgehead atoms. The van der Waals surface area contributed by atoms with Gasteiger partial charge in [-0.15, -0.1) is 0 Å². The van der Waals surface area contributed by atoms with Gasteiger partial charge in [0.05, 0.1) is 19.0 Å². The Morgan fingerprint density at radius 2 is 2.24 bits per heavy atom. The van der Waals surface area contributed by atoms with Crippen LogP contribution in [0.15, 0.2) is 12.7 Å². The number of rotatable bonds is 4. The normalized spacial score (nSPS) is 23.0. The summed E-state index contributed by atoms with van der Waals surface area (Å²) in [6, 6.07) is 0. The molecule has 114 valence electrons. The monoisotopic (exact) mass is 315 g/mol. The highest BCUT2D eigenvalue weighted by atomic mass is 31.2. The number of nitrogens with two attached hydrogens (primary N) is 1. The first-order valence-electron chi connectivity index (χ1n) is 6.22. The van der Waals surface area contributed by atoms with Gasteiger partial charge in [0, 0.05) is 0 Å². The minimum Gasteiger partial charge on any atom is -0.382 e. The molecule has 10 nitrogen and oxygen atoms in total. The zero-order chi connectivity index (χ0) is 15.0. The van der Waals surface area contributed by atoms with Crippen LogP contribution in [0.25, 0.3) is 11.2 Å². The average molecular weight is 315 g/mol. The minimum absolute atomic E-state index is 0.162. The lowest BCUT2D eigenvalue weighted by Crippen LogP contribution is -2.16. The molecule has 3 rings (SSSR count). The lowest BCUT2D eigenvalue weighted by Gasteiger charge is -2.15. The van der Waals surface area contributed by atoms with E-state index in [0.717, 1.165) is 0 Å². The van der Waals surface area contributed by atoms with Gasteiger partial charge in [-0.2, -0.15) is 0 Å². The van der Waals surface area contributed by atoms with Gasteiger partial charge in [0.2, 0.25) is 0 Å². The fourth-order valence-corrected chi connectivity index (χ4v) is 2.64. The topological polar surface area (TPSA) is 146 Å². The van der Waals surface area contributed by atoms with Crippen LogP contribution in [0.4, 0.5) is 5.82 Å². The van der Waals surface area contributed by atoms with Crippen LogP contribution in [0, 0.1) is 0 Å². The lowest BCUT2D eigenvalue weighted by atomic mass is 10.2. The van der Waals surface area contributed by atoms with Gasteiger partial charge in [-0.1, -0.05) is 0 Å². The molecule has 1 aliphatic heterocycles. The van der Waals surface area contributed by atoms with E-state index in [-0.39, 0.29) is 24.8 Å². The first-order valence-corrected chi connectivity index (χ1v) is 7.75. The van der Waals surface area contributed by atoms with Crippen LogP contribution in [0.5, 0.6) is 0 Å². The highest BCUT2D eigenvalue weighted by Gasteiger charge is 2.30. The summed E-state index contributed by atoms with van der Waals surface area (Å²) in [5.41, 5.74) is 6.77. The van der Waals surface area contributed by atoms with Crippen molar-refractivity contribution in [2.75, 3.05) is 12.3 Å². The van der Waals surface area contributed by atoms with E-state index in [1.807, 2.05) is 0 Å².